The highest BCUT2D eigenvalue weighted by molar-refractivity contribution is 5.93. The van der Waals surface area contributed by atoms with E-state index in [0.717, 1.165) is 6.42 Å². The van der Waals surface area contributed by atoms with E-state index in [2.05, 4.69) is 5.32 Å². The van der Waals surface area contributed by atoms with Gasteiger partial charge in [-0.15, -0.1) is 0 Å². The number of carbonyl (C=O) groups is 1. The van der Waals surface area contributed by atoms with Gasteiger partial charge in [0, 0.05) is 17.9 Å². The van der Waals surface area contributed by atoms with Gasteiger partial charge in [0.1, 0.15) is 5.75 Å². The third-order valence-corrected chi connectivity index (χ3v) is 3.10. The fourth-order valence-electron chi connectivity index (χ4n) is 2.06. The van der Waals surface area contributed by atoms with E-state index in [1.165, 1.54) is 0 Å². The van der Waals surface area contributed by atoms with Crippen LogP contribution in [0.3, 0.4) is 0 Å². The molecule has 0 radical (unpaired) electrons. The molecule has 2 N–H and O–H groups in total. The van der Waals surface area contributed by atoms with E-state index in [9.17, 15) is 9.90 Å². The predicted octanol–water partition coefficient (Wildman–Crippen LogP) is 1.55. The van der Waals surface area contributed by atoms with E-state index >= 15 is 0 Å². The van der Waals surface area contributed by atoms with Crippen molar-refractivity contribution in [2.45, 2.75) is 20.0 Å². The van der Waals surface area contributed by atoms with E-state index in [1.54, 1.807) is 18.2 Å². The van der Waals surface area contributed by atoms with Gasteiger partial charge in [-0.05, 0) is 31.5 Å². The molecule has 19 heavy (non-hydrogen) atoms. The molecule has 2 rings (SSSR count). The van der Waals surface area contributed by atoms with Crippen molar-refractivity contribution >= 4 is 11.6 Å². The molecule has 0 saturated carbocycles. The summed E-state index contributed by atoms with van der Waals surface area (Å²) in [6.45, 7) is 3.43. The number of anilines is 1. The van der Waals surface area contributed by atoms with Crippen molar-refractivity contribution in [2.24, 2.45) is 5.92 Å². The number of hydrogen-bond acceptors (Lipinski definition) is 4. The molecule has 1 aromatic rings. The smallest absolute Gasteiger partial charge is 0.229 e. The number of benzene rings is 1. The fraction of sp³-hybridized carbons (Fsp3) is 0.500. The van der Waals surface area contributed by atoms with E-state index in [-0.39, 0.29) is 18.4 Å². The number of hydrogen-bond donors (Lipinski definition) is 2. The van der Waals surface area contributed by atoms with Crippen LogP contribution >= 0.6 is 0 Å². The van der Waals surface area contributed by atoms with Crippen molar-refractivity contribution < 1.29 is 19.4 Å². The van der Waals surface area contributed by atoms with E-state index in [1.807, 2.05) is 6.92 Å². The van der Waals surface area contributed by atoms with Crippen LogP contribution in [0, 0.1) is 5.92 Å². The molecule has 0 aromatic heterocycles. The maximum Gasteiger partial charge on any atom is 0.229 e. The molecule has 0 spiro atoms. The molecular formula is C14H19NO4. The summed E-state index contributed by atoms with van der Waals surface area (Å²) in [5.74, 6) is 0.530. The number of ether oxygens (including phenoxy) is 2. The Kier molecular flexibility index (Phi) is 4.76. The molecule has 5 nitrogen and oxygen atoms in total. The van der Waals surface area contributed by atoms with Crippen molar-refractivity contribution in [2.75, 3.05) is 25.1 Å². The van der Waals surface area contributed by atoms with Crippen LogP contribution in [0.25, 0.3) is 0 Å². The Morgan fingerprint density at radius 2 is 2.42 bits per heavy atom. The maximum absolute atomic E-state index is 11.9. The van der Waals surface area contributed by atoms with Crippen LogP contribution in [-0.4, -0.2) is 30.8 Å². The second-order valence-electron chi connectivity index (χ2n) is 4.46. The average molecular weight is 265 g/mol. The van der Waals surface area contributed by atoms with Crippen LogP contribution in [0.15, 0.2) is 18.2 Å². The minimum absolute atomic E-state index is 0.0365. The van der Waals surface area contributed by atoms with Crippen LogP contribution in [0.5, 0.6) is 5.75 Å². The van der Waals surface area contributed by atoms with Gasteiger partial charge < -0.3 is 19.9 Å². The van der Waals surface area contributed by atoms with Crippen molar-refractivity contribution in [3.63, 3.8) is 0 Å². The maximum atomic E-state index is 11.9. The monoisotopic (exact) mass is 265 g/mol. The summed E-state index contributed by atoms with van der Waals surface area (Å²) in [5, 5.41) is 12.1. The number of aliphatic hydroxyl groups excluding tert-OH is 1. The highest BCUT2D eigenvalue weighted by atomic mass is 16.5. The summed E-state index contributed by atoms with van der Waals surface area (Å²) in [7, 11) is 0. The van der Waals surface area contributed by atoms with Gasteiger partial charge in [-0.2, -0.15) is 0 Å². The van der Waals surface area contributed by atoms with Gasteiger partial charge in [0.05, 0.1) is 25.7 Å². The highest BCUT2D eigenvalue weighted by Crippen LogP contribution is 2.24. The summed E-state index contributed by atoms with van der Waals surface area (Å²) in [6.07, 6.45) is 0.760. The highest BCUT2D eigenvalue weighted by Gasteiger charge is 2.23. The van der Waals surface area contributed by atoms with Crippen molar-refractivity contribution in [1.29, 1.82) is 0 Å². The Labute approximate surface area is 112 Å². The number of amides is 1. The molecule has 1 heterocycles. The molecule has 0 aliphatic carbocycles. The lowest BCUT2D eigenvalue weighted by Gasteiger charge is -2.13. The standard InChI is InChI=1S/C14H19NO4/c1-2-19-13-4-3-12(7-11(13)8-16)15-14(17)10-5-6-18-9-10/h3-4,7,10,16H,2,5-6,8-9H2,1H3,(H,15,17). The lowest BCUT2D eigenvalue weighted by molar-refractivity contribution is -0.119. The van der Waals surface area contributed by atoms with E-state index < -0.39 is 0 Å². The van der Waals surface area contributed by atoms with Crippen LogP contribution < -0.4 is 10.1 Å². The van der Waals surface area contributed by atoms with Crippen LogP contribution in [0.2, 0.25) is 0 Å². The lowest BCUT2D eigenvalue weighted by atomic mass is 10.1. The molecule has 1 aliphatic rings. The van der Waals surface area contributed by atoms with Crippen molar-refractivity contribution in [3.05, 3.63) is 23.8 Å². The Morgan fingerprint density at radius 1 is 1.58 bits per heavy atom. The molecule has 1 atom stereocenters. The number of nitrogens with one attached hydrogen (secondary N) is 1. The second-order valence-corrected chi connectivity index (χ2v) is 4.46. The first-order valence-electron chi connectivity index (χ1n) is 6.49. The summed E-state index contributed by atoms with van der Waals surface area (Å²) in [6, 6.07) is 5.27. The van der Waals surface area contributed by atoms with Gasteiger partial charge in [-0.25, -0.2) is 0 Å². The van der Waals surface area contributed by atoms with Gasteiger partial charge >= 0.3 is 0 Å². The fourth-order valence-corrected chi connectivity index (χ4v) is 2.06. The molecule has 5 heteroatoms. The molecule has 1 unspecified atom stereocenters. The molecule has 0 bridgehead atoms. The minimum atomic E-state index is -0.119. The van der Waals surface area contributed by atoms with Gasteiger partial charge in [-0.1, -0.05) is 0 Å². The topological polar surface area (TPSA) is 67.8 Å². The third-order valence-electron chi connectivity index (χ3n) is 3.10. The zero-order chi connectivity index (χ0) is 13.7. The van der Waals surface area contributed by atoms with Crippen LogP contribution in [0.1, 0.15) is 18.9 Å². The summed E-state index contributed by atoms with van der Waals surface area (Å²) in [4.78, 5) is 11.9. The normalized spacial score (nSPS) is 18.3. The van der Waals surface area contributed by atoms with E-state index in [4.69, 9.17) is 9.47 Å². The molecule has 1 amide bonds. The first kappa shape index (κ1) is 13.8. The first-order valence-corrected chi connectivity index (χ1v) is 6.49. The molecule has 104 valence electrons. The molecular weight excluding hydrogens is 246 g/mol. The number of rotatable bonds is 5. The van der Waals surface area contributed by atoms with Crippen LogP contribution in [0.4, 0.5) is 5.69 Å². The van der Waals surface area contributed by atoms with Crippen molar-refractivity contribution in [3.8, 4) is 5.75 Å². The third kappa shape index (κ3) is 3.45. The average Bonchev–Trinajstić information content (AvgIpc) is 2.94. The predicted molar refractivity (Wildman–Crippen MR) is 71.1 cm³/mol. The van der Waals surface area contributed by atoms with Gasteiger partial charge in [0.25, 0.3) is 0 Å². The van der Waals surface area contributed by atoms with E-state index in [0.29, 0.717) is 36.8 Å². The minimum Gasteiger partial charge on any atom is -0.494 e. The molecule has 1 aromatic carbocycles. The quantitative estimate of drug-likeness (QED) is 0.847. The summed E-state index contributed by atoms with van der Waals surface area (Å²) < 4.78 is 10.6. The molecule has 1 fully saturated rings. The van der Waals surface area contributed by atoms with Gasteiger partial charge in [0.2, 0.25) is 5.91 Å². The van der Waals surface area contributed by atoms with Crippen molar-refractivity contribution in [1.82, 2.24) is 0 Å². The zero-order valence-electron chi connectivity index (χ0n) is 11.0. The summed E-state index contributed by atoms with van der Waals surface area (Å²) >= 11 is 0. The Bertz CT molecular complexity index is 441. The first-order chi connectivity index (χ1) is 9.24. The van der Waals surface area contributed by atoms with Gasteiger partial charge in [-0.3, -0.25) is 4.79 Å². The lowest BCUT2D eigenvalue weighted by Crippen LogP contribution is -2.22. The molecule has 1 aliphatic heterocycles. The Morgan fingerprint density at radius 3 is 3.05 bits per heavy atom. The number of aliphatic hydroxyl groups is 1. The van der Waals surface area contributed by atoms with Crippen LogP contribution in [-0.2, 0) is 16.1 Å². The SMILES string of the molecule is CCOc1ccc(NC(=O)C2CCOC2)cc1CO. The largest absolute Gasteiger partial charge is 0.494 e. The Hall–Kier alpha value is -1.59. The summed E-state index contributed by atoms with van der Waals surface area (Å²) in [5.41, 5.74) is 1.34. The number of carbonyl (C=O) groups excluding carboxylic acids is 1. The van der Waals surface area contributed by atoms with Gasteiger partial charge in [0.15, 0.2) is 0 Å². The zero-order valence-corrected chi connectivity index (χ0v) is 11.0. The second kappa shape index (κ2) is 6.54. The molecule has 1 saturated heterocycles. The Balaban J connectivity index is 2.05.